The lowest BCUT2D eigenvalue weighted by molar-refractivity contribution is 0.113. The molecule has 1 aromatic rings. The van der Waals surface area contributed by atoms with Gasteiger partial charge in [-0.1, -0.05) is 29.3 Å². The lowest BCUT2D eigenvalue weighted by atomic mass is 10.1. The molecule has 1 aliphatic rings. The van der Waals surface area contributed by atoms with Gasteiger partial charge in [0.1, 0.15) is 4.90 Å². The average molecular weight is 310 g/mol. The van der Waals surface area contributed by atoms with Crippen LogP contribution in [-0.4, -0.2) is 37.0 Å². The molecule has 1 aliphatic heterocycles. The van der Waals surface area contributed by atoms with E-state index >= 15 is 0 Å². The molecule has 0 saturated carbocycles. The molecular formula is C11H13Cl2NO3S. The Morgan fingerprint density at radius 3 is 2.17 bits per heavy atom. The molecule has 7 heteroatoms. The molecule has 1 heterocycles. The summed E-state index contributed by atoms with van der Waals surface area (Å²) in [6.07, 6.45) is 0.431. The third-order valence-electron chi connectivity index (χ3n) is 2.94. The number of aliphatic hydroxyl groups is 1. The molecule has 0 amide bonds. The van der Waals surface area contributed by atoms with Gasteiger partial charge in [-0.3, -0.25) is 0 Å². The Labute approximate surface area is 116 Å². The van der Waals surface area contributed by atoms with Gasteiger partial charge in [-0.05, 0) is 25.0 Å². The SMILES string of the molecule is O=S(=O)(c1c(Cl)cccc1Cl)N1CCC(O)CC1. The van der Waals surface area contributed by atoms with Crippen LogP contribution in [0.25, 0.3) is 0 Å². The van der Waals surface area contributed by atoms with E-state index in [1.54, 1.807) is 6.07 Å². The first-order valence-electron chi connectivity index (χ1n) is 5.55. The second-order valence-electron chi connectivity index (χ2n) is 4.19. The van der Waals surface area contributed by atoms with Gasteiger partial charge in [0.2, 0.25) is 10.0 Å². The minimum atomic E-state index is -3.69. The predicted octanol–water partition coefficient (Wildman–Crippen LogP) is 2.14. The molecule has 1 aromatic carbocycles. The summed E-state index contributed by atoms with van der Waals surface area (Å²) in [5.74, 6) is 0. The number of nitrogens with zero attached hydrogens (tertiary/aromatic N) is 1. The molecule has 4 nitrogen and oxygen atoms in total. The van der Waals surface area contributed by atoms with Crippen molar-refractivity contribution in [1.82, 2.24) is 4.31 Å². The predicted molar refractivity (Wildman–Crippen MR) is 70.5 cm³/mol. The molecule has 100 valence electrons. The van der Waals surface area contributed by atoms with Crippen molar-refractivity contribution in [3.8, 4) is 0 Å². The van der Waals surface area contributed by atoms with Crippen molar-refractivity contribution in [2.45, 2.75) is 23.8 Å². The Morgan fingerprint density at radius 2 is 1.67 bits per heavy atom. The maximum absolute atomic E-state index is 12.4. The summed E-state index contributed by atoms with van der Waals surface area (Å²) in [4.78, 5) is -0.0512. The van der Waals surface area contributed by atoms with Crippen LogP contribution in [0.2, 0.25) is 10.0 Å². The van der Waals surface area contributed by atoms with E-state index in [1.165, 1.54) is 16.4 Å². The second-order valence-corrected chi connectivity index (χ2v) is 6.88. The molecule has 1 N–H and O–H groups in total. The van der Waals surface area contributed by atoms with Gasteiger partial charge in [-0.15, -0.1) is 0 Å². The van der Waals surface area contributed by atoms with Gasteiger partial charge < -0.3 is 5.11 Å². The van der Waals surface area contributed by atoms with Crippen LogP contribution in [0.4, 0.5) is 0 Å². The van der Waals surface area contributed by atoms with Crippen LogP contribution in [0.5, 0.6) is 0 Å². The maximum atomic E-state index is 12.4. The number of hydrogen-bond acceptors (Lipinski definition) is 3. The van der Waals surface area contributed by atoms with Gasteiger partial charge in [0, 0.05) is 13.1 Å². The monoisotopic (exact) mass is 309 g/mol. The van der Waals surface area contributed by atoms with Crippen LogP contribution < -0.4 is 0 Å². The van der Waals surface area contributed by atoms with Crippen molar-refractivity contribution in [2.24, 2.45) is 0 Å². The van der Waals surface area contributed by atoms with Crippen molar-refractivity contribution in [3.63, 3.8) is 0 Å². The van der Waals surface area contributed by atoms with Gasteiger partial charge >= 0.3 is 0 Å². The summed E-state index contributed by atoms with van der Waals surface area (Å²) in [5, 5.41) is 9.64. The molecule has 0 spiro atoms. The molecule has 0 aromatic heterocycles. The van der Waals surface area contributed by atoms with Crippen molar-refractivity contribution in [1.29, 1.82) is 0 Å². The van der Waals surface area contributed by atoms with Crippen molar-refractivity contribution in [2.75, 3.05) is 13.1 Å². The van der Waals surface area contributed by atoms with E-state index in [2.05, 4.69) is 0 Å². The standard InChI is InChI=1S/C11H13Cl2NO3S/c12-9-2-1-3-10(13)11(9)18(16,17)14-6-4-8(15)5-7-14/h1-3,8,15H,4-7H2. The highest BCUT2D eigenvalue weighted by Gasteiger charge is 2.31. The van der Waals surface area contributed by atoms with Crippen LogP contribution in [-0.2, 0) is 10.0 Å². The van der Waals surface area contributed by atoms with Gasteiger partial charge in [0.25, 0.3) is 0 Å². The van der Waals surface area contributed by atoms with E-state index in [-0.39, 0.29) is 28.0 Å². The molecule has 18 heavy (non-hydrogen) atoms. The summed E-state index contributed by atoms with van der Waals surface area (Å²) in [6, 6.07) is 4.60. The van der Waals surface area contributed by atoms with Crippen LogP contribution in [0.3, 0.4) is 0 Å². The number of hydrogen-bond donors (Lipinski definition) is 1. The molecule has 2 rings (SSSR count). The zero-order valence-corrected chi connectivity index (χ0v) is 11.8. The van der Waals surface area contributed by atoms with E-state index in [0.717, 1.165) is 0 Å². The summed E-state index contributed by atoms with van der Waals surface area (Å²) in [6.45, 7) is 0.566. The molecule has 1 fully saturated rings. The number of aliphatic hydroxyl groups excluding tert-OH is 1. The van der Waals surface area contributed by atoms with Crippen LogP contribution in [0.1, 0.15) is 12.8 Å². The lowest BCUT2D eigenvalue weighted by Gasteiger charge is -2.29. The number of rotatable bonds is 2. The first-order valence-corrected chi connectivity index (χ1v) is 7.75. The fourth-order valence-electron chi connectivity index (χ4n) is 1.94. The quantitative estimate of drug-likeness (QED) is 0.910. The Bertz CT molecular complexity index is 519. The van der Waals surface area contributed by atoms with Crippen LogP contribution in [0.15, 0.2) is 23.1 Å². The highest BCUT2D eigenvalue weighted by atomic mass is 35.5. The van der Waals surface area contributed by atoms with Gasteiger partial charge in [0.15, 0.2) is 0 Å². The lowest BCUT2D eigenvalue weighted by Crippen LogP contribution is -2.40. The first kappa shape index (κ1) is 14.1. The minimum absolute atomic E-state index is 0.0512. The molecule has 0 atom stereocenters. The van der Waals surface area contributed by atoms with Gasteiger partial charge in [0.05, 0.1) is 16.1 Å². The highest BCUT2D eigenvalue weighted by molar-refractivity contribution is 7.89. The zero-order valence-electron chi connectivity index (χ0n) is 9.51. The van der Waals surface area contributed by atoms with Gasteiger partial charge in [-0.25, -0.2) is 8.42 Å². The van der Waals surface area contributed by atoms with Crippen LogP contribution in [0, 0.1) is 0 Å². The normalized spacial score (nSPS) is 19.1. The van der Waals surface area contributed by atoms with E-state index in [4.69, 9.17) is 23.2 Å². The maximum Gasteiger partial charge on any atom is 0.246 e. The minimum Gasteiger partial charge on any atom is -0.393 e. The summed E-state index contributed by atoms with van der Waals surface area (Å²) in [7, 11) is -3.69. The van der Waals surface area contributed by atoms with Gasteiger partial charge in [-0.2, -0.15) is 4.31 Å². The van der Waals surface area contributed by atoms with Crippen molar-refractivity contribution in [3.05, 3.63) is 28.2 Å². The molecule has 0 unspecified atom stereocenters. The molecular weight excluding hydrogens is 297 g/mol. The smallest absolute Gasteiger partial charge is 0.246 e. The Morgan fingerprint density at radius 1 is 1.17 bits per heavy atom. The van der Waals surface area contributed by atoms with E-state index in [9.17, 15) is 13.5 Å². The largest absolute Gasteiger partial charge is 0.393 e. The second kappa shape index (κ2) is 5.35. The fourth-order valence-corrected chi connectivity index (χ4v) is 4.50. The summed E-state index contributed by atoms with van der Waals surface area (Å²) < 4.78 is 26.1. The number of benzene rings is 1. The first-order chi connectivity index (χ1) is 8.43. The third-order valence-corrected chi connectivity index (χ3v) is 5.80. The van der Waals surface area contributed by atoms with E-state index in [1.807, 2.05) is 0 Å². The average Bonchev–Trinajstić information content (AvgIpc) is 2.29. The molecule has 1 saturated heterocycles. The highest BCUT2D eigenvalue weighted by Crippen LogP contribution is 2.32. The Balaban J connectivity index is 2.37. The number of halogens is 2. The Hall–Kier alpha value is -0.330. The third kappa shape index (κ3) is 2.65. The fraction of sp³-hybridized carbons (Fsp3) is 0.455. The Kier molecular flexibility index (Phi) is 4.18. The number of sulfonamides is 1. The van der Waals surface area contributed by atoms with Crippen molar-refractivity contribution < 1.29 is 13.5 Å². The van der Waals surface area contributed by atoms with E-state index in [0.29, 0.717) is 12.8 Å². The van der Waals surface area contributed by atoms with Crippen LogP contribution >= 0.6 is 23.2 Å². The number of piperidine rings is 1. The van der Waals surface area contributed by atoms with E-state index < -0.39 is 16.1 Å². The topological polar surface area (TPSA) is 57.6 Å². The van der Waals surface area contributed by atoms with Crippen molar-refractivity contribution >= 4 is 33.2 Å². The molecule has 0 radical (unpaired) electrons. The zero-order chi connectivity index (χ0) is 13.3. The summed E-state index contributed by atoms with van der Waals surface area (Å²) in [5.41, 5.74) is 0. The summed E-state index contributed by atoms with van der Waals surface area (Å²) >= 11 is 11.8. The molecule has 0 bridgehead atoms. The molecule has 0 aliphatic carbocycles.